The number of benzene rings is 1. The number of rotatable bonds is 6. The van der Waals surface area contributed by atoms with Crippen molar-refractivity contribution >= 4 is 27.7 Å². The van der Waals surface area contributed by atoms with Crippen LogP contribution < -0.4 is 10.9 Å². The summed E-state index contributed by atoms with van der Waals surface area (Å²) in [6, 6.07) is 7.87. The highest BCUT2D eigenvalue weighted by molar-refractivity contribution is 6.07. The molecule has 3 heterocycles. The predicted octanol–water partition coefficient (Wildman–Crippen LogP) is 2.37. The van der Waals surface area contributed by atoms with Crippen LogP contribution in [0.3, 0.4) is 0 Å². The van der Waals surface area contributed by atoms with Crippen LogP contribution >= 0.6 is 0 Å². The van der Waals surface area contributed by atoms with Crippen molar-refractivity contribution in [2.45, 2.75) is 33.2 Å². The minimum atomic E-state index is -0.238. The molecule has 1 aromatic carbocycles. The van der Waals surface area contributed by atoms with E-state index < -0.39 is 0 Å². The van der Waals surface area contributed by atoms with Crippen molar-refractivity contribution in [3.8, 4) is 0 Å². The quantitative estimate of drug-likeness (QED) is 0.635. The molecule has 2 aromatic heterocycles. The Morgan fingerprint density at radius 1 is 1.17 bits per heavy atom. The van der Waals surface area contributed by atoms with Crippen LogP contribution in [0.5, 0.6) is 0 Å². The molecule has 1 aliphatic heterocycles. The van der Waals surface area contributed by atoms with Crippen molar-refractivity contribution in [2.75, 3.05) is 26.2 Å². The molecule has 3 aromatic rings. The number of likely N-dealkylation sites (tertiary alicyclic amines) is 1. The molecule has 1 aliphatic rings. The number of nitrogens with one attached hydrogen (secondary N) is 1. The van der Waals surface area contributed by atoms with Gasteiger partial charge >= 0.3 is 0 Å². The molecule has 0 spiro atoms. The van der Waals surface area contributed by atoms with E-state index in [4.69, 9.17) is 0 Å². The topological polar surface area (TPSA) is 72.2 Å². The van der Waals surface area contributed by atoms with Crippen LogP contribution in [0.2, 0.25) is 0 Å². The second-order valence-corrected chi connectivity index (χ2v) is 8.85. The van der Waals surface area contributed by atoms with Gasteiger partial charge in [-0.3, -0.25) is 9.59 Å². The fourth-order valence-corrected chi connectivity index (χ4v) is 4.92. The summed E-state index contributed by atoms with van der Waals surface area (Å²) in [5.41, 5.74) is 1.32. The highest BCUT2D eigenvalue weighted by atomic mass is 16.2. The Labute approximate surface area is 176 Å². The molecule has 0 unspecified atom stereocenters. The summed E-state index contributed by atoms with van der Waals surface area (Å²) in [6.07, 6.45) is 3.90. The van der Waals surface area contributed by atoms with Crippen LogP contribution in [0.15, 0.2) is 35.3 Å². The zero-order chi connectivity index (χ0) is 21.3. The van der Waals surface area contributed by atoms with Gasteiger partial charge in [-0.1, -0.05) is 32.0 Å². The molecule has 2 atom stereocenters. The average molecular weight is 410 g/mol. The third-order valence-corrected chi connectivity index (χ3v) is 6.12. The number of aryl methyl sites for hydroxylation is 1. The Morgan fingerprint density at radius 3 is 2.67 bits per heavy atom. The molecular weight excluding hydrogens is 378 g/mol. The molecule has 1 N–H and O–H groups in total. The lowest BCUT2D eigenvalue weighted by molar-refractivity contribution is -0.121. The summed E-state index contributed by atoms with van der Waals surface area (Å²) in [5, 5.41) is 9.00. The molecule has 160 valence electrons. The Kier molecular flexibility index (Phi) is 5.90. The van der Waals surface area contributed by atoms with Crippen LogP contribution in [0.4, 0.5) is 0 Å². The van der Waals surface area contributed by atoms with Gasteiger partial charge in [-0.2, -0.15) is 5.10 Å². The summed E-state index contributed by atoms with van der Waals surface area (Å²) >= 11 is 0. The smallest absolute Gasteiger partial charge is 0.291 e. The molecule has 7 nitrogen and oxygen atoms in total. The van der Waals surface area contributed by atoms with Gasteiger partial charge in [0.15, 0.2) is 0 Å². The van der Waals surface area contributed by atoms with Crippen molar-refractivity contribution in [1.82, 2.24) is 24.6 Å². The Morgan fingerprint density at radius 2 is 1.90 bits per heavy atom. The highest BCUT2D eigenvalue weighted by Crippen LogP contribution is 2.24. The SMILES string of the molecule is C[C@@H]1C[C@H](C)CN(CCCNC(=O)Cn2ncc3c4ccccc4n(C)c3c2=O)C1. The number of aromatic nitrogens is 3. The van der Waals surface area contributed by atoms with Gasteiger partial charge < -0.3 is 14.8 Å². The Hall–Kier alpha value is -2.67. The van der Waals surface area contributed by atoms with E-state index in [9.17, 15) is 9.59 Å². The molecule has 0 saturated carbocycles. The molecule has 1 saturated heterocycles. The lowest BCUT2D eigenvalue weighted by Crippen LogP contribution is -2.40. The molecule has 1 fully saturated rings. The first kappa shape index (κ1) is 20.6. The number of hydrogen-bond donors (Lipinski definition) is 1. The first-order valence-corrected chi connectivity index (χ1v) is 10.9. The molecular formula is C23H31N5O2. The van der Waals surface area contributed by atoms with E-state index in [-0.39, 0.29) is 18.0 Å². The van der Waals surface area contributed by atoms with Gasteiger partial charge in [0.25, 0.3) is 5.56 Å². The average Bonchev–Trinajstić information content (AvgIpc) is 3.00. The second-order valence-electron chi connectivity index (χ2n) is 8.85. The Bertz CT molecular complexity index is 1110. The number of carbonyl (C=O) groups excluding carboxylic acids is 1. The lowest BCUT2D eigenvalue weighted by Gasteiger charge is -2.34. The van der Waals surface area contributed by atoms with Gasteiger partial charge in [0.2, 0.25) is 5.91 Å². The van der Waals surface area contributed by atoms with Gasteiger partial charge in [0, 0.05) is 43.0 Å². The van der Waals surface area contributed by atoms with Gasteiger partial charge in [-0.05, 0) is 37.3 Å². The largest absolute Gasteiger partial charge is 0.354 e. The summed E-state index contributed by atoms with van der Waals surface area (Å²) in [7, 11) is 1.87. The normalized spacial score (nSPS) is 20.1. The van der Waals surface area contributed by atoms with Gasteiger partial charge in [-0.15, -0.1) is 0 Å². The number of fused-ring (bicyclic) bond motifs is 3. The molecule has 30 heavy (non-hydrogen) atoms. The van der Waals surface area contributed by atoms with Crippen molar-refractivity contribution in [2.24, 2.45) is 18.9 Å². The highest BCUT2D eigenvalue weighted by Gasteiger charge is 2.21. The zero-order valence-electron chi connectivity index (χ0n) is 18.1. The van der Waals surface area contributed by atoms with E-state index >= 15 is 0 Å². The Balaban J connectivity index is 1.36. The fraction of sp³-hybridized carbons (Fsp3) is 0.522. The molecule has 1 amide bonds. The summed E-state index contributed by atoms with van der Waals surface area (Å²) in [4.78, 5) is 27.8. The first-order chi connectivity index (χ1) is 14.4. The molecule has 0 aliphatic carbocycles. The third kappa shape index (κ3) is 4.12. The molecule has 0 bridgehead atoms. The number of hydrogen-bond acceptors (Lipinski definition) is 4. The van der Waals surface area contributed by atoms with Crippen LogP contribution in [-0.4, -0.2) is 51.3 Å². The van der Waals surface area contributed by atoms with E-state index in [1.54, 1.807) is 6.20 Å². The minimum Gasteiger partial charge on any atom is -0.354 e. The number of piperidine rings is 1. The van der Waals surface area contributed by atoms with E-state index in [1.807, 2.05) is 35.9 Å². The monoisotopic (exact) mass is 409 g/mol. The maximum absolute atomic E-state index is 12.9. The first-order valence-electron chi connectivity index (χ1n) is 10.9. The van der Waals surface area contributed by atoms with Crippen LogP contribution in [0.1, 0.15) is 26.7 Å². The van der Waals surface area contributed by atoms with Crippen molar-refractivity contribution in [3.05, 3.63) is 40.8 Å². The minimum absolute atomic E-state index is 0.0614. The fourth-order valence-electron chi connectivity index (χ4n) is 4.92. The van der Waals surface area contributed by atoms with E-state index in [1.165, 1.54) is 11.1 Å². The standard InChI is InChI=1S/C23H31N5O2/c1-16-11-17(2)14-27(13-16)10-6-9-24-21(29)15-28-23(30)22-19(12-25-28)18-7-4-5-8-20(18)26(22)3/h4-5,7-8,12,16-17H,6,9-11,13-15H2,1-3H3,(H,24,29)/t16-,17+. The van der Waals surface area contributed by atoms with Crippen molar-refractivity contribution in [3.63, 3.8) is 0 Å². The maximum atomic E-state index is 12.9. The molecule has 4 rings (SSSR count). The summed E-state index contributed by atoms with van der Waals surface area (Å²) in [6.45, 7) is 8.45. The van der Waals surface area contributed by atoms with Crippen LogP contribution in [-0.2, 0) is 18.4 Å². The summed E-state index contributed by atoms with van der Waals surface area (Å²) < 4.78 is 3.13. The van der Waals surface area contributed by atoms with Gasteiger partial charge in [0.05, 0.1) is 6.20 Å². The lowest BCUT2D eigenvalue weighted by atomic mass is 9.92. The maximum Gasteiger partial charge on any atom is 0.291 e. The number of carbonyl (C=O) groups is 1. The van der Waals surface area contributed by atoms with E-state index in [0.717, 1.165) is 54.2 Å². The number of para-hydroxylation sites is 1. The zero-order valence-corrected chi connectivity index (χ0v) is 18.1. The van der Waals surface area contributed by atoms with Crippen molar-refractivity contribution < 1.29 is 4.79 Å². The van der Waals surface area contributed by atoms with Crippen molar-refractivity contribution in [1.29, 1.82) is 0 Å². The second kappa shape index (κ2) is 8.60. The van der Waals surface area contributed by atoms with E-state index in [2.05, 4.69) is 29.2 Å². The number of nitrogens with zero attached hydrogens (tertiary/aromatic N) is 4. The van der Waals surface area contributed by atoms with Gasteiger partial charge in [0.1, 0.15) is 12.1 Å². The third-order valence-electron chi connectivity index (χ3n) is 6.12. The van der Waals surface area contributed by atoms with Crippen LogP contribution in [0.25, 0.3) is 21.8 Å². The summed E-state index contributed by atoms with van der Waals surface area (Å²) in [5.74, 6) is 1.30. The van der Waals surface area contributed by atoms with Gasteiger partial charge in [-0.25, -0.2) is 4.68 Å². The van der Waals surface area contributed by atoms with Crippen LogP contribution in [0, 0.1) is 11.8 Å². The van der Waals surface area contributed by atoms with E-state index in [0.29, 0.717) is 12.1 Å². The predicted molar refractivity (Wildman–Crippen MR) is 119 cm³/mol. The number of amides is 1. The molecule has 0 radical (unpaired) electrons. The molecule has 7 heteroatoms.